The van der Waals surface area contributed by atoms with Gasteiger partial charge in [-0.3, -0.25) is 4.79 Å². The summed E-state index contributed by atoms with van der Waals surface area (Å²) in [7, 11) is 0. The second-order valence-corrected chi connectivity index (χ2v) is 7.10. The van der Waals surface area contributed by atoms with Crippen LogP contribution in [0, 0.1) is 0 Å². The fourth-order valence-corrected chi connectivity index (χ4v) is 3.15. The van der Waals surface area contributed by atoms with Crippen molar-refractivity contribution in [1.82, 2.24) is 10.6 Å². The Kier molecular flexibility index (Phi) is 11.2. The number of nitrogens with one attached hydrogen (secondary N) is 2. The Labute approximate surface area is 170 Å². The van der Waals surface area contributed by atoms with E-state index in [1.54, 1.807) is 0 Å². The zero-order chi connectivity index (χ0) is 18.8. The minimum atomic E-state index is -0.0538. The van der Waals surface area contributed by atoms with Crippen molar-refractivity contribution in [2.45, 2.75) is 77.9 Å². The van der Waals surface area contributed by atoms with Crippen LogP contribution in [0.25, 0.3) is 0 Å². The molecule has 1 amide bonds. The summed E-state index contributed by atoms with van der Waals surface area (Å²) in [4.78, 5) is 12.1. The molecule has 1 atom stereocenters. The number of carbonyl (C=O) groups excluding carboxylic acids is 1. The molecule has 1 aliphatic carbocycles. The third-order valence-corrected chi connectivity index (χ3v) is 4.90. The van der Waals surface area contributed by atoms with Gasteiger partial charge >= 0.3 is 0 Å². The fraction of sp³-hybridized carbons (Fsp3) is 0.667. The van der Waals surface area contributed by atoms with Crippen molar-refractivity contribution in [3.8, 4) is 11.5 Å². The molecule has 1 fully saturated rings. The highest BCUT2D eigenvalue weighted by Crippen LogP contribution is 2.28. The lowest BCUT2D eigenvalue weighted by molar-refractivity contribution is -0.124. The van der Waals surface area contributed by atoms with Crippen LogP contribution in [-0.2, 0) is 11.3 Å². The Morgan fingerprint density at radius 2 is 1.89 bits per heavy atom. The summed E-state index contributed by atoms with van der Waals surface area (Å²) in [6.45, 7) is 7.67. The van der Waals surface area contributed by atoms with Crippen molar-refractivity contribution in [3.63, 3.8) is 0 Å². The molecule has 0 aromatic heterocycles. The maximum Gasteiger partial charge on any atom is 0.258 e. The maximum absolute atomic E-state index is 12.1. The van der Waals surface area contributed by atoms with E-state index in [1.807, 2.05) is 25.1 Å². The Bertz CT molecular complexity index is 562. The van der Waals surface area contributed by atoms with Crippen LogP contribution in [0.2, 0.25) is 0 Å². The predicted molar refractivity (Wildman–Crippen MR) is 112 cm³/mol. The van der Waals surface area contributed by atoms with Gasteiger partial charge in [0.1, 0.15) is 0 Å². The summed E-state index contributed by atoms with van der Waals surface area (Å²) in [5.74, 6) is 1.27. The molecule has 0 saturated heterocycles. The van der Waals surface area contributed by atoms with E-state index in [0.717, 1.165) is 31.4 Å². The van der Waals surface area contributed by atoms with Crippen molar-refractivity contribution < 1.29 is 14.3 Å². The van der Waals surface area contributed by atoms with Gasteiger partial charge in [0.05, 0.1) is 6.61 Å². The van der Waals surface area contributed by atoms with Crippen LogP contribution in [0.1, 0.15) is 64.9 Å². The summed E-state index contributed by atoms with van der Waals surface area (Å²) in [6, 6.07) is 6.69. The summed E-state index contributed by atoms with van der Waals surface area (Å²) < 4.78 is 11.4. The molecular formula is C21H35ClN2O3. The van der Waals surface area contributed by atoms with Crippen molar-refractivity contribution in [2.75, 3.05) is 13.2 Å². The lowest BCUT2D eigenvalue weighted by atomic mass is 9.95. The zero-order valence-electron chi connectivity index (χ0n) is 16.9. The fourth-order valence-electron chi connectivity index (χ4n) is 3.15. The third-order valence-electron chi connectivity index (χ3n) is 4.90. The van der Waals surface area contributed by atoms with Gasteiger partial charge in [-0.2, -0.15) is 0 Å². The average Bonchev–Trinajstić information content (AvgIpc) is 2.66. The number of halogens is 1. The molecule has 1 aliphatic rings. The molecule has 0 spiro atoms. The number of carbonyl (C=O) groups is 1. The highest BCUT2D eigenvalue weighted by molar-refractivity contribution is 5.85. The van der Waals surface area contributed by atoms with E-state index in [0.29, 0.717) is 30.2 Å². The lowest BCUT2D eigenvalue weighted by Gasteiger charge is -2.23. The highest BCUT2D eigenvalue weighted by Gasteiger charge is 2.16. The van der Waals surface area contributed by atoms with Gasteiger partial charge in [-0.15, -0.1) is 12.4 Å². The Balaban J connectivity index is 0.00000364. The number of hydrogen-bond acceptors (Lipinski definition) is 4. The Hall–Kier alpha value is -1.46. The van der Waals surface area contributed by atoms with Gasteiger partial charge in [-0.1, -0.05) is 32.3 Å². The smallest absolute Gasteiger partial charge is 0.258 e. The molecule has 1 saturated carbocycles. The number of hydrogen-bond donors (Lipinski definition) is 2. The van der Waals surface area contributed by atoms with E-state index in [2.05, 4.69) is 24.5 Å². The standard InChI is InChI=1S/C21H34N2O3.ClH/c1-4-16(3)22-14-17-11-12-19(20(13-17)25-5-2)26-15-21(24)23-18-9-7-6-8-10-18;/h11-13,16,18,22H,4-10,14-15H2,1-3H3,(H,23,24);1H. The van der Waals surface area contributed by atoms with Crippen LogP contribution >= 0.6 is 12.4 Å². The maximum atomic E-state index is 12.1. The first-order valence-corrected chi connectivity index (χ1v) is 10.0. The van der Waals surface area contributed by atoms with E-state index >= 15 is 0 Å². The molecule has 1 aromatic carbocycles. The van der Waals surface area contributed by atoms with Gasteiger partial charge in [0.2, 0.25) is 0 Å². The van der Waals surface area contributed by atoms with Crippen LogP contribution in [-0.4, -0.2) is 31.2 Å². The largest absolute Gasteiger partial charge is 0.490 e. The molecule has 1 aromatic rings. The first-order chi connectivity index (χ1) is 12.6. The van der Waals surface area contributed by atoms with Gasteiger partial charge in [-0.25, -0.2) is 0 Å². The van der Waals surface area contributed by atoms with E-state index in [4.69, 9.17) is 9.47 Å². The minimum absolute atomic E-state index is 0. The van der Waals surface area contributed by atoms with Crippen LogP contribution < -0.4 is 20.1 Å². The van der Waals surface area contributed by atoms with Gasteiger partial charge in [-0.05, 0) is 50.8 Å². The molecule has 0 aliphatic heterocycles. The van der Waals surface area contributed by atoms with Gasteiger partial charge in [0, 0.05) is 18.6 Å². The molecule has 0 bridgehead atoms. The number of ether oxygens (including phenoxy) is 2. The molecule has 6 heteroatoms. The van der Waals surface area contributed by atoms with E-state index < -0.39 is 0 Å². The Morgan fingerprint density at radius 3 is 2.56 bits per heavy atom. The van der Waals surface area contributed by atoms with Gasteiger partial charge in [0.25, 0.3) is 5.91 Å². The SMILES string of the molecule is CCOc1cc(CNC(C)CC)ccc1OCC(=O)NC1CCCCC1.Cl. The normalized spacial score (nSPS) is 15.5. The quantitative estimate of drug-likeness (QED) is 0.619. The zero-order valence-corrected chi connectivity index (χ0v) is 17.7. The van der Waals surface area contributed by atoms with E-state index in [-0.39, 0.29) is 24.9 Å². The number of amides is 1. The molecule has 2 N–H and O–H groups in total. The summed E-state index contributed by atoms with van der Waals surface area (Å²) in [5.41, 5.74) is 1.15. The summed E-state index contributed by atoms with van der Waals surface area (Å²) in [6.07, 6.45) is 6.93. The number of rotatable bonds is 10. The summed E-state index contributed by atoms with van der Waals surface area (Å²) >= 11 is 0. The highest BCUT2D eigenvalue weighted by atomic mass is 35.5. The number of benzene rings is 1. The van der Waals surface area contributed by atoms with Crippen LogP contribution in [0.3, 0.4) is 0 Å². The van der Waals surface area contributed by atoms with Crippen LogP contribution in [0.15, 0.2) is 18.2 Å². The summed E-state index contributed by atoms with van der Waals surface area (Å²) in [5, 5.41) is 6.55. The Morgan fingerprint density at radius 1 is 1.15 bits per heavy atom. The van der Waals surface area contributed by atoms with Gasteiger partial charge in [0.15, 0.2) is 18.1 Å². The first kappa shape index (κ1) is 23.6. The molecule has 0 radical (unpaired) electrons. The second-order valence-electron chi connectivity index (χ2n) is 7.10. The van der Waals surface area contributed by atoms with E-state index in [1.165, 1.54) is 19.3 Å². The monoisotopic (exact) mass is 398 g/mol. The molecule has 5 nitrogen and oxygen atoms in total. The van der Waals surface area contributed by atoms with Gasteiger partial charge < -0.3 is 20.1 Å². The first-order valence-electron chi connectivity index (χ1n) is 10.0. The van der Waals surface area contributed by atoms with Crippen molar-refractivity contribution in [1.29, 1.82) is 0 Å². The average molecular weight is 399 g/mol. The minimum Gasteiger partial charge on any atom is -0.490 e. The third kappa shape index (κ3) is 8.39. The predicted octanol–water partition coefficient (Wildman–Crippen LogP) is 4.22. The van der Waals surface area contributed by atoms with Crippen molar-refractivity contribution in [2.24, 2.45) is 0 Å². The van der Waals surface area contributed by atoms with Crippen molar-refractivity contribution in [3.05, 3.63) is 23.8 Å². The molecule has 2 rings (SSSR count). The topological polar surface area (TPSA) is 59.6 Å². The molecular weight excluding hydrogens is 364 g/mol. The second kappa shape index (κ2) is 12.8. The van der Waals surface area contributed by atoms with Crippen LogP contribution in [0.5, 0.6) is 11.5 Å². The lowest BCUT2D eigenvalue weighted by Crippen LogP contribution is -2.39. The van der Waals surface area contributed by atoms with Crippen molar-refractivity contribution >= 4 is 18.3 Å². The molecule has 0 heterocycles. The molecule has 154 valence electrons. The molecule has 1 unspecified atom stereocenters. The van der Waals surface area contributed by atoms with Crippen LogP contribution in [0.4, 0.5) is 0 Å². The molecule has 27 heavy (non-hydrogen) atoms. The van der Waals surface area contributed by atoms with E-state index in [9.17, 15) is 4.79 Å².